The van der Waals surface area contributed by atoms with Crippen LogP contribution < -0.4 is 10.2 Å². The van der Waals surface area contributed by atoms with E-state index in [-0.39, 0.29) is 47.0 Å². The fourth-order valence-electron chi connectivity index (χ4n) is 9.68. The number of rotatable bonds is 6. The van der Waals surface area contributed by atoms with E-state index in [1.807, 2.05) is 6.08 Å². The molecule has 264 valence electrons. The summed E-state index contributed by atoms with van der Waals surface area (Å²) < 4.78 is 20.8. The molecule has 0 radical (unpaired) electrons. The number of likely N-dealkylation sites (tertiary alicyclic amines) is 1. The Morgan fingerprint density at radius 2 is 1.67 bits per heavy atom. The number of allylic oxidation sites excluding steroid dienone is 2. The molecule has 2 heterocycles. The maximum Gasteiger partial charge on any atom is 0.260 e. The second kappa shape index (κ2) is 12.7. The SMILES string of the molecule is COc1ccc([C@@]23C(=O)N(Nc4ccc(Cl)cc4Cl)C(=O)[C@@H]2C[C@@H]2C(=CC[C@@H]4C(=O)N(C5CCCCC5)C(=O)[C@@H]42)[C@@H]3c2cccc(F)c2O)cc1. The van der Waals surface area contributed by atoms with Crippen LogP contribution in [0.15, 0.2) is 72.3 Å². The summed E-state index contributed by atoms with van der Waals surface area (Å²) in [6.07, 6.45) is 6.65. The van der Waals surface area contributed by atoms with Gasteiger partial charge in [-0.15, -0.1) is 0 Å². The highest BCUT2D eigenvalue weighted by molar-refractivity contribution is 6.36. The molecule has 8 rings (SSSR count). The van der Waals surface area contributed by atoms with Crippen LogP contribution in [0.3, 0.4) is 0 Å². The Morgan fingerprint density at radius 1 is 0.922 bits per heavy atom. The van der Waals surface area contributed by atoms with Gasteiger partial charge in [0.15, 0.2) is 11.6 Å². The summed E-state index contributed by atoms with van der Waals surface area (Å²) in [7, 11) is 1.51. The number of nitrogens with one attached hydrogen (secondary N) is 1. The minimum atomic E-state index is -1.70. The van der Waals surface area contributed by atoms with Gasteiger partial charge >= 0.3 is 0 Å². The molecule has 5 aliphatic rings. The number of benzene rings is 3. The van der Waals surface area contributed by atoms with Gasteiger partial charge in [0.2, 0.25) is 11.8 Å². The van der Waals surface area contributed by atoms with E-state index in [0.29, 0.717) is 21.9 Å². The zero-order valence-corrected chi connectivity index (χ0v) is 29.3. The van der Waals surface area contributed by atoms with Gasteiger partial charge in [0.05, 0.1) is 41.0 Å². The number of phenols is 1. The number of hydrogen-bond acceptors (Lipinski definition) is 7. The molecule has 9 nitrogen and oxygen atoms in total. The molecular weight excluding hydrogens is 696 g/mol. The monoisotopic (exact) mass is 731 g/mol. The van der Waals surface area contributed by atoms with Gasteiger partial charge in [0.1, 0.15) is 5.75 Å². The Kier molecular flexibility index (Phi) is 8.38. The number of phenolic OH excluding ortho intramolecular Hbond substituents is 1. The van der Waals surface area contributed by atoms with E-state index >= 15 is 9.18 Å². The lowest BCUT2D eigenvalue weighted by Crippen LogP contribution is -2.53. The highest BCUT2D eigenvalue weighted by Crippen LogP contribution is 2.65. The number of ether oxygens (including phenoxy) is 1. The topological polar surface area (TPSA) is 116 Å². The van der Waals surface area contributed by atoms with E-state index in [9.17, 15) is 19.5 Å². The minimum absolute atomic E-state index is 0.0697. The van der Waals surface area contributed by atoms with Crippen LogP contribution in [0.25, 0.3) is 0 Å². The summed E-state index contributed by atoms with van der Waals surface area (Å²) in [5, 5.41) is 12.9. The second-order valence-corrected chi connectivity index (χ2v) is 15.1. The van der Waals surface area contributed by atoms with E-state index in [1.54, 1.807) is 42.5 Å². The van der Waals surface area contributed by atoms with Crippen molar-refractivity contribution in [3.63, 3.8) is 0 Å². The van der Waals surface area contributed by atoms with Crippen LogP contribution in [-0.4, -0.2) is 51.8 Å². The lowest BCUT2D eigenvalue weighted by atomic mass is 9.49. The average Bonchev–Trinajstić information content (AvgIpc) is 3.51. The number of amides is 4. The Morgan fingerprint density at radius 3 is 2.37 bits per heavy atom. The molecule has 2 aliphatic heterocycles. The molecule has 51 heavy (non-hydrogen) atoms. The van der Waals surface area contributed by atoms with Crippen molar-refractivity contribution < 1.29 is 33.4 Å². The van der Waals surface area contributed by atoms with Crippen molar-refractivity contribution in [3.8, 4) is 11.5 Å². The number of fused-ring (bicyclic) bond motifs is 4. The Labute approximate surface area is 304 Å². The lowest BCUT2D eigenvalue weighted by molar-refractivity contribution is -0.144. The molecule has 4 amide bonds. The van der Waals surface area contributed by atoms with Crippen LogP contribution in [-0.2, 0) is 24.6 Å². The number of methoxy groups -OCH3 is 1. The minimum Gasteiger partial charge on any atom is -0.505 e. The fourth-order valence-corrected chi connectivity index (χ4v) is 10.1. The first-order chi connectivity index (χ1) is 24.6. The highest BCUT2D eigenvalue weighted by Gasteiger charge is 2.71. The van der Waals surface area contributed by atoms with Gasteiger partial charge in [0, 0.05) is 22.5 Å². The lowest BCUT2D eigenvalue weighted by Gasteiger charge is -2.50. The third-order valence-electron chi connectivity index (χ3n) is 11.9. The van der Waals surface area contributed by atoms with Gasteiger partial charge in [-0.25, -0.2) is 4.39 Å². The van der Waals surface area contributed by atoms with E-state index in [2.05, 4.69) is 5.43 Å². The average molecular weight is 733 g/mol. The molecule has 2 N–H and O–H groups in total. The fraction of sp³-hybridized carbons (Fsp3) is 0.385. The van der Waals surface area contributed by atoms with Crippen LogP contribution in [0.2, 0.25) is 10.0 Å². The molecular formula is C39H36Cl2FN3O6. The second-order valence-electron chi connectivity index (χ2n) is 14.2. The molecule has 0 aromatic heterocycles. The maximum atomic E-state index is 15.3. The van der Waals surface area contributed by atoms with Crippen molar-refractivity contribution in [1.82, 2.24) is 9.91 Å². The van der Waals surface area contributed by atoms with Crippen molar-refractivity contribution in [2.24, 2.45) is 23.7 Å². The van der Waals surface area contributed by atoms with Gasteiger partial charge in [-0.2, -0.15) is 5.01 Å². The predicted molar refractivity (Wildman–Crippen MR) is 187 cm³/mol. The predicted octanol–water partition coefficient (Wildman–Crippen LogP) is 7.16. The number of hydrogen-bond donors (Lipinski definition) is 2. The van der Waals surface area contributed by atoms with Crippen LogP contribution in [0.4, 0.5) is 10.1 Å². The number of carbonyl (C=O) groups excluding carboxylic acids is 4. The molecule has 6 atom stereocenters. The summed E-state index contributed by atoms with van der Waals surface area (Å²) in [5.41, 5.74) is 2.68. The van der Waals surface area contributed by atoms with E-state index in [0.717, 1.165) is 43.2 Å². The highest BCUT2D eigenvalue weighted by atomic mass is 35.5. The van der Waals surface area contributed by atoms with Gasteiger partial charge in [-0.1, -0.05) is 78.4 Å². The molecule has 3 aliphatic carbocycles. The normalized spacial score (nSPS) is 29.1. The van der Waals surface area contributed by atoms with E-state index in [4.69, 9.17) is 27.9 Å². The quantitative estimate of drug-likeness (QED) is 0.204. The summed E-state index contributed by atoms with van der Waals surface area (Å²) in [6.45, 7) is 0. The molecule has 2 saturated carbocycles. The first-order valence-corrected chi connectivity index (χ1v) is 18.1. The van der Waals surface area contributed by atoms with Gasteiger partial charge in [0.25, 0.3) is 11.8 Å². The van der Waals surface area contributed by atoms with Crippen LogP contribution in [0.5, 0.6) is 11.5 Å². The van der Waals surface area contributed by atoms with Crippen LogP contribution >= 0.6 is 23.2 Å². The first kappa shape index (κ1) is 33.7. The standard InChI is InChI=1S/C39H36Cl2FN3O6/c1-51-23-13-10-20(11-14-23)39-28(36(48)45(38(39)50)43-31-17-12-21(40)18-29(31)41)19-27-24(33(39)26-8-5-9-30(42)34(26)46)15-16-25-32(27)37(49)44(35(25)47)22-6-3-2-4-7-22/h5,8-15,17-18,22,25,27-28,32-33,43,46H,2-4,6-7,16,19H2,1H3/t25-,27+,28-,32-,33+,39+/m0/s1. The Hall–Kier alpha value is -4.41. The van der Waals surface area contributed by atoms with Gasteiger partial charge in [-0.05, 0) is 73.6 Å². The number of para-hydroxylation sites is 1. The zero-order valence-electron chi connectivity index (χ0n) is 27.8. The number of carbonyl (C=O) groups is 4. The largest absolute Gasteiger partial charge is 0.505 e. The van der Waals surface area contributed by atoms with Gasteiger partial charge in [-0.3, -0.25) is 29.5 Å². The third kappa shape index (κ3) is 5.00. The molecule has 2 saturated heterocycles. The van der Waals surface area contributed by atoms with Crippen molar-refractivity contribution in [2.45, 2.75) is 62.3 Å². The van der Waals surface area contributed by atoms with Gasteiger partial charge < -0.3 is 9.84 Å². The van der Waals surface area contributed by atoms with E-state index in [1.165, 1.54) is 24.1 Å². The van der Waals surface area contributed by atoms with Crippen molar-refractivity contribution in [1.29, 1.82) is 0 Å². The summed E-state index contributed by atoms with van der Waals surface area (Å²) in [6, 6.07) is 15.4. The van der Waals surface area contributed by atoms with Crippen LogP contribution in [0, 0.1) is 29.5 Å². The summed E-state index contributed by atoms with van der Waals surface area (Å²) in [5.74, 6) is -6.87. The number of nitrogens with zero attached hydrogens (tertiary/aromatic N) is 2. The molecule has 3 aromatic carbocycles. The van der Waals surface area contributed by atoms with Crippen LogP contribution in [0.1, 0.15) is 62.0 Å². The number of aromatic hydroxyl groups is 1. The third-order valence-corrected chi connectivity index (χ3v) is 12.4. The first-order valence-electron chi connectivity index (χ1n) is 17.4. The molecule has 12 heteroatoms. The molecule has 4 fully saturated rings. The van der Waals surface area contributed by atoms with E-state index < -0.39 is 58.4 Å². The smallest absolute Gasteiger partial charge is 0.260 e. The molecule has 3 aromatic rings. The number of anilines is 1. The molecule has 0 unspecified atom stereocenters. The maximum absolute atomic E-state index is 15.3. The Balaban J connectivity index is 1.33. The summed E-state index contributed by atoms with van der Waals surface area (Å²) >= 11 is 12.6. The zero-order chi connectivity index (χ0) is 35.8. The molecule has 0 spiro atoms. The van der Waals surface area contributed by atoms with Crippen molar-refractivity contribution in [3.05, 3.63) is 99.3 Å². The Bertz CT molecular complexity index is 2000. The number of hydrazine groups is 1. The summed E-state index contributed by atoms with van der Waals surface area (Å²) in [4.78, 5) is 60.0. The van der Waals surface area contributed by atoms with Crippen molar-refractivity contribution >= 4 is 52.5 Å². The number of imide groups is 2. The number of halogens is 3. The van der Waals surface area contributed by atoms with Crippen molar-refractivity contribution in [2.75, 3.05) is 12.5 Å². The molecule has 0 bridgehead atoms.